The van der Waals surface area contributed by atoms with E-state index in [0.717, 1.165) is 0 Å². The lowest BCUT2D eigenvalue weighted by Crippen LogP contribution is -2.10. The molecule has 0 aliphatic carbocycles. The fraction of sp³-hybridized carbons (Fsp3) is 1.00. The summed E-state index contributed by atoms with van der Waals surface area (Å²) >= 11 is 0. The van der Waals surface area contributed by atoms with Crippen LogP contribution in [0.1, 0.15) is 31.5 Å². The van der Waals surface area contributed by atoms with Crippen molar-refractivity contribution in [2.24, 2.45) is 0 Å². The van der Waals surface area contributed by atoms with Gasteiger partial charge in [-0.1, -0.05) is 0 Å². The van der Waals surface area contributed by atoms with Crippen LogP contribution in [0.3, 0.4) is 0 Å². The summed E-state index contributed by atoms with van der Waals surface area (Å²) in [6.07, 6.45) is 0. The zero-order valence-electron chi connectivity index (χ0n) is 11.5. The Morgan fingerprint density at radius 1 is 2.00 bits per heavy atom. The van der Waals surface area contributed by atoms with Gasteiger partial charge in [0, 0.05) is 11.0 Å². The van der Waals surface area contributed by atoms with E-state index < -0.39 is 26.2 Å². The first kappa shape index (κ1) is 0.463. The SMILES string of the molecule is [2H]OC(C([2H])[2H])(C([2H])([2H])[2H])C([2H])([2H])[2H]. The largest absolute Gasteiger partial charge is 0.391 e. The molecule has 5 heavy (non-hydrogen) atoms. The van der Waals surface area contributed by atoms with Crippen LogP contribution in [0.15, 0.2) is 0 Å². The van der Waals surface area contributed by atoms with Gasteiger partial charge in [0.05, 0.1) is 5.60 Å². The molecule has 0 amide bonds. The normalized spacial score (nSPS) is 43.8. The standard InChI is InChI=1S/C4H10O/c1-4(2,3)5/h5H,1-3H3/i1D2,2D3,3D3,5D. The summed E-state index contributed by atoms with van der Waals surface area (Å²) in [6.45, 7) is -8.76. The zero-order valence-corrected chi connectivity index (χ0v) is 2.49. The maximum absolute atomic E-state index is 6.91. The summed E-state index contributed by atoms with van der Waals surface area (Å²) in [7, 11) is 0. The molecular formula is C4H10O. The molecule has 0 aromatic heterocycles. The van der Waals surface area contributed by atoms with Crippen LogP contribution in [0.4, 0.5) is 0 Å². The minimum atomic E-state index is -3.23. The molecule has 0 radical (unpaired) electrons. The Hall–Kier alpha value is -0.0400. The van der Waals surface area contributed by atoms with Crippen LogP contribution >= 0.6 is 0 Å². The molecule has 0 saturated heterocycles. The Kier molecular flexibility index (Phi) is 0.0905. The third kappa shape index (κ3) is 9510. The van der Waals surface area contributed by atoms with Gasteiger partial charge in [0.15, 0.2) is 0 Å². The highest BCUT2D eigenvalue weighted by Crippen LogP contribution is 1.93. The van der Waals surface area contributed by atoms with Gasteiger partial charge < -0.3 is 5.11 Å². The third-order valence-electron chi connectivity index (χ3n) is 0. The van der Waals surface area contributed by atoms with Crippen LogP contribution in [0, 0.1) is 0 Å². The van der Waals surface area contributed by atoms with Gasteiger partial charge in [-0.3, -0.25) is 0 Å². The van der Waals surface area contributed by atoms with E-state index in [4.69, 9.17) is 12.4 Å². The Bertz CT molecular complexity index is 176. The molecule has 0 heterocycles. The molecule has 1 N–H and O–H groups in total. The average Bonchev–Trinajstić information content (AvgIpc) is 1.80. The predicted octanol–water partition coefficient (Wildman–Crippen LogP) is 0.777. The Labute approximate surface area is 45.4 Å². The number of aliphatic hydroxyl groups is 1. The fourth-order valence-corrected chi connectivity index (χ4v) is 0. The second-order valence-corrected chi connectivity index (χ2v) is 0.736. The van der Waals surface area contributed by atoms with E-state index in [1.165, 1.54) is 0 Å². The molecule has 0 aromatic carbocycles. The summed E-state index contributed by atoms with van der Waals surface area (Å²) in [5, 5.41) is 3.68. The number of rotatable bonds is 0. The Morgan fingerprint density at radius 2 is 2.80 bits per heavy atom. The van der Waals surface area contributed by atoms with Crippen molar-refractivity contribution in [3.63, 3.8) is 0 Å². The summed E-state index contributed by atoms with van der Waals surface area (Å²) in [6, 6.07) is 0. The van der Waals surface area contributed by atoms with E-state index in [0.29, 0.717) is 0 Å². The van der Waals surface area contributed by atoms with Gasteiger partial charge in [0.1, 0.15) is 0 Å². The maximum atomic E-state index is 6.91. The lowest BCUT2D eigenvalue weighted by Gasteiger charge is -2.04. The van der Waals surface area contributed by atoms with E-state index in [2.05, 4.69) is 5.11 Å². The van der Waals surface area contributed by atoms with Gasteiger partial charge in [-0.25, -0.2) is 0 Å². The van der Waals surface area contributed by atoms with Crippen molar-refractivity contribution in [2.75, 3.05) is 0 Å². The quantitative estimate of drug-likeness (QED) is 0.459. The Balaban J connectivity index is 5.45. The van der Waals surface area contributed by atoms with Crippen molar-refractivity contribution in [1.82, 2.24) is 0 Å². The molecule has 1 nitrogen and oxygen atoms in total. The van der Waals surface area contributed by atoms with E-state index in [1.807, 2.05) is 0 Å². The van der Waals surface area contributed by atoms with Crippen LogP contribution < -0.4 is 0 Å². The molecule has 0 atom stereocenters. The smallest absolute Gasteiger partial charge is 0.211 e. The van der Waals surface area contributed by atoms with Gasteiger partial charge in [-0.05, 0) is 20.6 Å². The second kappa shape index (κ2) is 0.977. The third-order valence-corrected chi connectivity index (χ3v) is 0. The molecule has 0 spiro atoms. The van der Waals surface area contributed by atoms with Crippen LogP contribution in [-0.2, 0) is 0 Å². The van der Waals surface area contributed by atoms with Gasteiger partial charge in [-0.2, -0.15) is 0 Å². The van der Waals surface area contributed by atoms with Crippen LogP contribution in [0.2, 0.25) is 0 Å². The lowest BCUT2D eigenvalue weighted by atomic mass is 10.2. The van der Waals surface area contributed by atoms with Crippen molar-refractivity contribution in [3.8, 4) is 0 Å². The summed E-state index contributed by atoms with van der Waals surface area (Å²) < 4.78 is 61.8. The molecule has 0 unspecified atom stereocenters. The topological polar surface area (TPSA) is 20.2 Å². The van der Waals surface area contributed by atoms with E-state index >= 15 is 0 Å². The highest BCUT2D eigenvalue weighted by atomic mass is 16.3. The molecule has 0 saturated carbocycles. The number of hydrogen-bond acceptors (Lipinski definition) is 1. The van der Waals surface area contributed by atoms with Gasteiger partial charge in [-0.15, -0.1) is 0 Å². The number of hydrogen-bond donors (Lipinski definition) is 1. The fourth-order valence-electron chi connectivity index (χ4n) is 0. The minimum Gasteiger partial charge on any atom is -0.391 e. The molecule has 0 fully saturated rings. The van der Waals surface area contributed by atoms with Crippen molar-refractivity contribution < 1.29 is 16.1 Å². The van der Waals surface area contributed by atoms with Gasteiger partial charge >= 0.3 is 0 Å². The van der Waals surface area contributed by atoms with Crippen molar-refractivity contribution >= 4 is 0 Å². The molecular weight excluding hydrogens is 64.0 g/mol. The highest BCUT2D eigenvalue weighted by Gasteiger charge is 1.97. The average molecular weight is 83.2 g/mol. The van der Waals surface area contributed by atoms with E-state index in [-0.39, 0.29) is 0 Å². The zero-order chi connectivity index (χ0) is 11.8. The van der Waals surface area contributed by atoms with E-state index in [9.17, 15) is 0 Å². The lowest BCUT2D eigenvalue weighted by molar-refractivity contribution is 0.102. The van der Waals surface area contributed by atoms with Crippen LogP contribution in [-0.4, -0.2) is 12.1 Å². The predicted molar refractivity (Wildman–Crippen MR) is 22.0 cm³/mol. The molecule has 0 aliphatic rings. The maximum Gasteiger partial charge on any atom is 0.211 e. The minimum absolute atomic E-state index is 2.31. The highest BCUT2D eigenvalue weighted by molar-refractivity contribution is 4.50. The molecule has 0 aliphatic heterocycles. The summed E-state index contributed by atoms with van der Waals surface area (Å²) in [4.78, 5) is 0. The van der Waals surface area contributed by atoms with Crippen molar-refractivity contribution in [3.05, 3.63) is 0 Å². The van der Waals surface area contributed by atoms with E-state index in [1.54, 1.807) is 0 Å². The molecule has 1 heteroatoms. The molecule has 0 bridgehead atoms. The first-order valence-electron chi connectivity index (χ1n) is 5.56. The second-order valence-electron chi connectivity index (χ2n) is 0.736. The van der Waals surface area contributed by atoms with Crippen LogP contribution in [0.25, 0.3) is 0 Å². The summed E-state index contributed by atoms with van der Waals surface area (Å²) in [5.41, 5.74) is -3.08. The van der Waals surface area contributed by atoms with Gasteiger partial charge in [0.25, 0.3) is 0 Å². The van der Waals surface area contributed by atoms with Crippen molar-refractivity contribution in [2.45, 2.75) is 26.2 Å². The molecule has 0 rings (SSSR count). The van der Waals surface area contributed by atoms with Gasteiger partial charge in [0.2, 0.25) is 1.43 Å². The van der Waals surface area contributed by atoms with Crippen LogP contribution in [0.5, 0.6) is 0 Å². The monoisotopic (exact) mass is 83.1 g/mol. The first-order valence-corrected chi connectivity index (χ1v) is 0.993. The summed E-state index contributed by atoms with van der Waals surface area (Å²) in [5.74, 6) is 0. The molecule has 32 valence electrons. The first-order chi connectivity index (χ1) is 6.00. The Morgan fingerprint density at radius 3 is 2.80 bits per heavy atom. The van der Waals surface area contributed by atoms with Crippen molar-refractivity contribution in [1.29, 1.82) is 1.43 Å². The molecule has 0 aromatic rings.